The average Bonchev–Trinajstić information content (AvgIpc) is 2.88. The topological polar surface area (TPSA) is 4.93 Å². The maximum Gasteiger partial charge on any atom is 0.0535 e. The number of para-hydroxylation sites is 1. The third-order valence-electron chi connectivity index (χ3n) is 3.92. The number of aromatic nitrogens is 1. The predicted octanol–water partition coefficient (Wildman–Crippen LogP) is 6.46. The molecule has 2 aromatic carbocycles. The number of aryl methyl sites for hydroxylation is 1. The minimum atomic E-state index is 1.03. The van der Waals surface area contributed by atoms with Crippen LogP contribution in [0, 0.1) is 19.3 Å². The number of nitrogens with zero attached hydrogens (tertiary/aromatic N) is 1. The molecule has 0 fully saturated rings. The first-order chi connectivity index (χ1) is 11.6. The lowest BCUT2D eigenvalue weighted by Crippen LogP contribution is -1.99. The van der Waals surface area contributed by atoms with Gasteiger partial charge < -0.3 is 4.57 Å². The minimum absolute atomic E-state index is 1.03. The van der Waals surface area contributed by atoms with Crippen LogP contribution in [0.2, 0.25) is 0 Å². The Balaban J connectivity index is 0.000000368. The third kappa shape index (κ3) is 3.80. The van der Waals surface area contributed by atoms with E-state index in [2.05, 4.69) is 88.8 Å². The van der Waals surface area contributed by atoms with Gasteiger partial charge in [-0.1, -0.05) is 53.0 Å². The van der Waals surface area contributed by atoms with E-state index in [-0.39, 0.29) is 0 Å². The second-order valence-corrected chi connectivity index (χ2v) is 6.34. The van der Waals surface area contributed by atoms with E-state index in [1.807, 2.05) is 13.0 Å². The highest BCUT2D eigenvalue weighted by molar-refractivity contribution is 9.10. The Labute approximate surface area is 153 Å². The van der Waals surface area contributed by atoms with E-state index in [9.17, 15) is 0 Å². The zero-order valence-electron chi connectivity index (χ0n) is 14.4. The van der Waals surface area contributed by atoms with Crippen LogP contribution in [0.5, 0.6) is 0 Å². The molecule has 0 spiro atoms. The number of terminal acetylenes is 1. The van der Waals surface area contributed by atoms with Crippen molar-refractivity contribution in [1.82, 2.24) is 4.57 Å². The first kappa shape index (κ1) is 18.1. The van der Waals surface area contributed by atoms with Crippen molar-refractivity contribution in [3.05, 3.63) is 76.4 Å². The summed E-state index contributed by atoms with van der Waals surface area (Å²) in [4.78, 5) is 0. The summed E-state index contributed by atoms with van der Waals surface area (Å²) in [5.41, 5.74) is 5.28. The summed E-state index contributed by atoms with van der Waals surface area (Å²) in [5, 5.41) is 1.33. The molecular formula is C22H22BrN. The number of allylic oxidation sites excluding steroid dienone is 2. The van der Waals surface area contributed by atoms with E-state index in [1.54, 1.807) is 6.08 Å². The Hall–Kier alpha value is -2.24. The molecular weight excluding hydrogens is 358 g/mol. The number of fused-ring (bicyclic) bond motifs is 1. The molecule has 0 N–H and O–H groups in total. The lowest BCUT2D eigenvalue weighted by atomic mass is 10.1. The van der Waals surface area contributed by atoms with E-state index in [4.69, 9.17) is 6.42 Å². The molecule has 1 nitrogen and oxygen atoms in total. The number of rotatable bonds is 2. The highest BCUT2D eigenvalue weighted by atomic mass is 79.9. The quantitative estimate of drug-likeness (QED) is 0.450. The Bertz CT molecular complexity index is 880. The summed E-state index contributed by atoms with van der Waals surface area (Å²) in [6.45, 7) is 6.32. The Kier molecular flexibility index (Phi) is 6.46. The van der Waals surface area contributed by atoms with Crippen molar-refractivity contribution >= 4 is 26.8 Å². The van der Waals surface area contributed by atoms with E-state index < -0.39 is 0 Å². The van der Waals surface area contributed by atoms with Crippen molar-refractivity contribution < 1.29 is 0 Å². The summed E-state index contributed by atoms with van der Waals surface area (Å²) < 4.78 is 3.51. The first-order valence-corrected chi connectivity index (χ1v) is 8.85. The summed E-state index contributed by atoms with van der Waals surface area (Å²) in [6, 6.07) is 17.1. The fraction of sp³-hybridized carbons (Fsp3) is 0.182. The van der Waals surface area contributed by atoms with Crippen LogP contribution >= 0.6 is 15.9 Å². The lowest BCUT2D eigenvalue weighted by Gasteiger charge is -2.10. The van der Waals surface area contributed by atoms with Crippen LogP contribution in [0.25, 0.3) is 16.6 Å². The third-order valence-corrected chi connectivity index (χ3v) is 4.41. The number of benzene rings is 2. The molecule has 1 heterocycles. The molecule has 0 saturated heterocycles. The molecule has 0 saturated carbocycles. The fourth-order valence-electron chi connectivity index (χ4n) is 2.86. The molecule has 0 aliphatic heterocycles. The number of hydrogen-bond donors (Lipinski definition) is 0. The SMILES string of the molecule is C#C/C=C\C.CCc1c(C)c2cc(Br)ccc2n1-c1ccccc1. The molecule has 0 aliphatic rings. The smallest absolute Gasteiger partial charge is 0.0535 e. The maximum absolute atomic E-state index is 4.80. The van der Waals surface area contributed by atoms with Gasteiger partial charge in [0.05, 0.1) is 5.52 Å². The van der Waals surface area contributed by atoms with Gasteiger partial charge in [0.25, 0.3) is 0 Å². The van der Waals surface area contributed by atoms with Crippen LogP contribution in [0.1, 0.15) is 25.1 Å². The van der Waals surface area contributed by atoms with Crippen LogP contribution in [-0.2, 0) is 6.42 Å². The Morgan fingerprint density at radius 2 is 1.88 bits per heavy atom. The minimum Gasteiger partial charge on any atom is -0.313 e. The maximum atomic E-state index is 4.80. The van der Waals surface area contributed by atoms with Crippen molar-refractivity contribution in [2.24, 2.45) is 0 Å². The normalized spacial score (nSPS) is 10.5. The molecule has 24 heavy (non-hydrogen) atoms. The van der Waals surface area contributed by atoms with Crippen molar-refractivity contribution in [2.45, 2.75) is 27.2 Å². The van der Waals surface area contributed by atoms with Gasteiger partial charge in [0.15, 0.2) is 0 Å². The van der Waals surface area contributed by atoms with Crippen LogP contribution in [0.15, 0.2) is 65.2 Å². The highest BCUT2D eigenvalue weighted by Crippen LogP contribution is 2.31. The predicted molar refractivity (Wildman–Crippen MR) is 109 cm³/mol. The van der Waals surface area contributed by atoms with Crippen molar-refractivity contribution in [3.63, 3.8) is 0 Å². The van der Waals surface area contributed by atoms with E-state index in [0.717, 1.165) is 10.9 Å². The van der Waals surface area contributed by atoms with Crippen LogP contribution in [0.3, 0.4) is 0 Å². The van der Waals surface area contributed by atoms with E-state index in [1.165, 1.54) is 27.8 Å². The molecule has 122 valence electrons. The molecule has 3 aromatic rings. The molecule has 0 unspecified atom stereocenters. The number of halogens is 1. The van der Waals surface area contributed by atoms with Gasteiger partial charge in [0, 0.05) is 21.2 Å². The average molecular weight is 380 g/mol. The summed E-state index contributed by atoms with van der Waals surface area (Å²) in [7, 11) is 0. The summed E-state index contributed by atoms with van der Waals surface area (Å²) in [6.07, 6.45) is 9.31. The van der Waals surface area contributed by atoms with Crippen LogP contribution < -0.4 is 0 Å². The van der Waals surface area contributed by atoms with Gasteiger partial charge in [-0.25, -0.2) is 0 Å². The van der Waals surface area contributed by atoms with Gasteiger partial charge in [-0.3, -0.25) is 0 Å². The van der Waals surface area contributed by atoms with Crippen LogP contribution in [0.4, 0.5) is 0 Å². The molecule has 0 atom stereocenters. The largest absolute Gasteiger partial charge is 0.313 e. The second-order valence-electron chi connectivity index (χ2n) is 5.42. The molecule has 3 rings (SSSR count). The van der Waals surface area contributed by atoms with Crippen LogP contribution in [-0.4, -0.2) is 4.57 Å². The molecule has 0 bridgehead atoms. The highest BCUT2D eigenvalue weighted by Gasteiger charge is 2.13. The molecule has 2 heteroatoms. The molecule has 1 aromatic heterocycles. The first-order valence-electron chi connectivity index (χ1n) is 8.06. The second kappa shape index (κ2) is 8.57. The van der Waals surface area contributed by atoms with Crippen molar-refractivity contribution in [2.75, 3.05) is 0 Å². The lowest BCUT2D eigenvalue weighted by molar-refractivity contribution is 0.947. The summed E-state index contributed by atoms with van der Waals surface area (Å²) >= 11 is 3.57. The van der Waals surface area contributed by atoms with Gasteiger partial charge in [0.2, 0.25) is 0 Å². The van der Waals surface area contributed by atoms with Crippen molar-refractivity contribution in [1.29, 1.82) is 0 Å². The summed E-state index contributed by atoms with van der Waals surface area (Å²) in [5.74, 6) is 2.34. The van der Waals surface area contributed by atoms with Gasteiger partial charge in [-0.05, 0) is 62.2 Å². The number of hydrogen-bond acceptors (Lipinski definition) is 0. The monoisotopic (exact) mass is 379 g/mol. The van der Waals surface area contributed by atoms with Crippen molar-refractivity contribution in [3.8, 4) is 18.0 Å². The van der Waals surface area contributed by atoms with Gasteiger partial charge >= 0.3 is 0 Å². The molecule has 0 aliphatic carbocycles. The standard InChI is InChI=1S/C17H16BrN.C5H6/c1-3-16-12(2)15-11-13(18)9-10-17(15)19(16)14-7-5-4-6-8-14;1-3-5-4-2/h4-11H,3H2,1-2H3;1,4-5H,2H3/b;5-4-. The van der Waals surface area contributed by atoms with Gasteiger partial charge in [-0.2, -0.15) is 0 Å². The van der Waals surface area contributed by atoms with E-state index in [0.29, 0.717) is 0 Å². The zero-order valence-corrected chi connectivity index (χ0v) is 16.0. The fourth-order valence-corrected chi connectivity index (χ4v) is 3.22. The van der Waals surface area contributed by atoms with E-state index >= 15 is 0 Å². The Morgan fingerprint density at radius 1 is 1.17 bits per heavy atom. The van der Waals surface area contributed by atoms with Gasteiger partial charge in [0.1, 0.15) is 0 Å². The van der Waals surface area contributed by atoms with Gasteiger partial charge in [-0.15, -0.1) is 6.42 Å². The molecule has 0 amide bonds. The zero-order chi connectivity index (χ0) is 17.5. The molecule has 0 radical (unpaired) electrons. The Morgan fingerprint density at radius 3 is 2.42 bits per heavy atom.